The number of rotatable bonds is 8. The summed E-state index contributed by atoms with van der Waals surface area (Å²) >= 11 is 0. The molecule has 1 aliphatic heterocycles. The van der Waals surface area contributed by atoms with E-state index in [0.29, 0.717) is 0 Å². The Bertz CT molecular complexity index is 631. The average Bonchev–Trinajstić information content (AvgIpc) is 3.11. The molecule has 1 fully saturated rings. The van der Waals surface area contributed by atoms with Crippen LogP contribution in [0.1, 0.15) is 30.8 Å². The molecule has 0 unspecified atom stereocenters. The lowest BCUT2D eigenvalue weighted by atomic mass is 10.1. The number of furan rings is 1. The van der Waals surface area contributed by atoms with Crippen LogP contribution in [0.5, 0.6) is 0 Å². The third-order valence-electron chi connectivity index (χ3n) is 4.57. The molecule has 136 valence electrons. The van der Waals surface area contributed by atoms with Crippen LogP contribution in [0.3, 0.4) is 0 Å². The number of aliphatic hydroxyl groups excluding tert-OH is 1. The molecule has 0 radical (unpaired) electrons. The molecule has 1 aliphatic rings. The Morgan fingerprint density at radius 2 is 1.88 bits per heavy atom. The summed E-state index contributed by atoms with van der Waals surface area (Å²) in [6, 6.07) is 11.9. The monoisotopic (exact) mass is 344 g/mol. The molecule has 1 atom stereocenters. The number of morpholine rings is 1. The number of nitrogens with one attached hydrogen (secondary N) is 1. The normalized spacial score (nSPS) is 16.9. The standard InChI is InChI=1S/C20H28N2O3/c1-16(23)17-3-5-18(6-4-17)20-8-7-19(25-20)15-21-9-2-10-22-11-13-24-14-12-22/h3-8,16,21,23H,2,9-15H2,1H3/t16-/m1/s1. The van der Waals surface area contributed by atoms with Gasteiger partial charge in [0.1, 0.15) is 11.5 Å². The number of hydrogen-bond acceptors (Lipinski definition) is 5. The molecule has 0 aliphatic carbocycles. The van der Waals surface area contributed by atoms with Crippen molar-refractivity contribution in [3.63, 3.8) is 0 Å². The first kappa shape index (κ1) is 18.1. The molecule has 3 rings (SSSR count). The summed E-state index contributed by atoms with van der Waals surface area (Å²) in [4.78, 5) is 2.45. The highest BCUT2D eigenvalue weighted by Crippen LogP contribution is 2.24. The second kappa shape index (κ2) is 9.15. The van der Waals surface area contributed by atoms with Crippen molar-refractivity contribution < 1.29 is 14.3 Å². The predicted octanol–water partition coefficient (Wildman–Crippen LogP) is 2.81. The lowest BCUT2D eigenvalue weighted by Gasteiger charge is -2.26. The lowest BCUT2D eigenvalue weighted by Crippen LogP contribution is -2.37. The van der Waals surface area contributed by atoms with Gasteiger partial charge in [-0.25, -0.2) is 0 Å². The summed E-state index contributed by atoms with van der Waals surface area (Å²) in [5.74, 6) is 1.81. The average molecular weight is 344 g/mol. The molecule has 2 aromatic rings. The highest BCUT2D eigenvalue weighted by atomic mass is 16.5. The Kier molecular flexibility index (Phi) is 6.64. The van der Waals surface area contributed by atoms with Crippen LogP contribution >= 0.6 is 0 Å². The van der Waals surface area contributed by atoms with Gasteiger partial charge in [0.05, 0.1) is 25.9 Å². The number of aliphatic hydroxyl groups is 1. The van der Waals surface area contributed by atoms with Gasteiger partial charge in [-0.05, 0) is 44.1 Å². The molecule has 1 saturated heterocycles. The van der Waals surface area contributed by atoms with Gasteiger partial charge in [-0.1, -0.05) is 24.3 Å². The Morgan fingerprint density at radius 3 is 2.60 bits per heavy atom. The zero-order valence-corrected chi connectivity index (χ0v) is 14.9. The minimum atomic E-state index is -0.442. The first-order chi connectivity index (χ1) is 12.2. The largest absolute Gasteiger partial charge is 0.460 e. The molecule has 5 heteroatoms. The van der Waals surface area contributed by atoms with Crippen molar-refractivity contribution >= 4 is 0 Å². The second-order valence-electron chi connectivity index (χ2n) is 6.55. The number of hydrogen-bond donors (Lipinski definition) is 2. The quantitative estimate of drug-likeness (QED) is 0.721. The molecule has 1 aromatic carbocycles. The van der Waals surface area contributed by atoms with Gasteiger partial charge < -0.3 is 19.6 Å². The van der Waals surface area contributed by atoms with Crippen LogP contribution in [0.4, 0.5) is 0 Å². The summed E-state index contributed by atoms with van der Waals surface area (Å²) in [5, 5.41) is 13.0. The van der Waals surface area contributed by atoms with E-state index in [1.807, 2.05) is 36.4 Å². The first-order valence-corrected chi connectivity index (χ1v) is 9.10. The van der Waals surface area contributed by atoms with Gasteiger partial charge in [0.2, 0.25) is 0 Å². The third-order valence-corrected chi connectivity index (χ3v) is 4.57. The van der Waals surface area contributed by atoms with Crippen molar-refractivity contribution in [3.8, 4) is 11.3 Å². The Balaban J connectivity index is 1.40. The van der Waals surface area contributed by atoms with E-state index in [1.54, 1.807) is 6.92 Å². The van der Waals surface area contributed by atoms with Gasteiger partial charge in [0.15, 0.2) is 0 Å². The summed E-state index contributed by atoms with van der Waals surface area (Å²) in [7, 11) is 0. The molecule has 0 saturated carbocycles. The van der Waals surface area contributed by atoms with E-state index in [1.165, 1.54) is 0 Å². The minimum Gasteiger partial charge on any atom is -0.460 e. The topological polar surface area (TPSA) is 57.9 Å². The van der Waals surface area contributed by atoms with Crippen molar-refractivity contribution in [2.24, 2.45) is 0 Å². The van der Waals surface area contributed by atoms with Crippen molar-refractivity contribution in [2.75, 3.05) is 39.4 Å². The van der Waals surface area contributed by atoms with Gasteiger partial charge >= 0.3 is 0 Å². The van der Waals surface area contributed by atoms with E-state index in [9.17, 15) is 5.11 Å². The van der Waals surface area contributed by atoms with E-state index in [2.05, 4.69) is 10.2 Å². The van der Waals surface area contributed by atoms with Crippen LogP contribution in [0.2, 0.25) is 0 Å². The summed E-state index contributed by atoms with van der Waals surface area (Å²) in [6.07, 6.45) is 0.692. The smallest absolute Gasteiger partial charge is 0.134 e. The lowest BCUT2D eigenvalue weighted by molar-refractivity contribution is 0.0374. The van der Waals surface area contributed by atoms with Gasteiger partial charge in [-0.15, -0.1) is 0 Å². The van der Waals surface area contributed by atoms with E-state index in [4.69, 9.17) is 9.15 Å². The SMILES string of the molecule is C[C@@H](O)c1ccc(-c2ccc(CNCCCN3CCOCC3)o2)cc1. The summed E-state index contributed by atoms with van der Waals surface area (Å²) in [6.45, 7) is 8.44. The molecular formula is C20H28N2O3. The fourth-order valence-electron chi connectivity index (χ4n) is 3.02. The molecule has 1 aromatic heterocycles. The molecular weight excluding hydrogens is 316 g/mol. The fourth-order valence-corrected chi connectivity index (χ4v) is 3.02. The van der Waals surface area contributed by atoms with Crippen LogP contribution < -0.4 is 5.32 Å². The van der Waals surface area contributed by atoms with Crippen molar-refractivity contribution in [2.45, 2.75) is 26.0 Å². The number of nitrogens with zero attached hydrogens (tertiary/aromatic N) is 1. The maximum absolute atomic E-state index is 9.57. The molecule has 0 amide bonds. The third kappa shape index (κ3) is 5.41. The van der Waals surface area contributed by atoms with Crippen LogP contribution in [0.25, 0.3) is 11.3 Å². The van der Waals surface area contributed by atoms with Crippen molar-refractivity contribution in [3.05, 3.63) is 47.7 Å². The van der Waals surface area contributed by atoms with Crippen LogP contribution in [-0.4, -0.2) is 49.4 Å². The maximum Gasteiger partial charge on any atom is 0.134 e. The fraction of sp³-hybridized carbons (Fsp3) is 0.500. The summed E-state index contributed by atoms with van der Waals surface area (Å²) < 4.78 is 11.3. The van der Waals surface area contributed by atoms with Crippen molar-refractivity contribution in [1.29, 1.82) is 0 Å². The van der Waals surface area contributed by atoms with Crippen LogP contribution in [0.15, 0.2) is 40.8 Å². The molecule has 2 N–H and O–H groups in total. The molecule has 2 heterocycles. The number of benzene rings is 1. The van der Waals surface area contributed by atoms with E-state index in [0.717, 1.165) is 75.0 Å². The van der Waals surface area contributed by atoms with E-state index < -0.39 is 6.10 Å². The number of ether oxygens (including phenoxy) is 1. The molecule has 5 nitrogen and oxygen atoms in total. The van der Waals surface area contributed by atoms with Crippen molar-refractivity contribution in [1.82, 2.24) is 10.2 Å². The minimum absolute atomic E-state index is 0.442. The Labute approximate surface area is 149 Å². The first-order valence-electron chi connectivity index (χ1n) is 9.10. The van der Waals surface area contributed by atoms with E-state index in [-0.39, 0.29) is 0 Å². The van der Waals surface area contributed by atoms with E-state index >= 15 is 0 Å². The molecule has 25 heavy (non-hydrogen) atoms. The second-order valence-corrected chi connectivity index (χ2v) is 6.55. The van der Waals surface area contributed by atoms with Crippen LogP contribution in [0, 0.1) is 0 Å². The van der Waals surface area contributed by atoms with Gasteiger partial charge in [-0.2, -0.15) is 0 Å². The maximum atomic E-state index is 9.57. The zero-order valence-electron chi connectivity index (χ0n) is 14.9. The molecule has 0 spiro atoms. The predicted molar refractivity (Wildman–Crippen MR) is 98.4 cm³/mol. The summed E-state index contributed by atoms with van der Waals surface area (Å²) in [5.41, 5.74) is 1.94. The highest BCUT2D eigenvalue weighted by Gasteiger charge is 2.09. The molecule has 0 bridgehead atoms. The highest BCUT2D eigenvalue weighted by molar-refractivity contribution is 5.58. The Morgan fingerprint density at radius 1 is 1.12 bits per heavy atom. The Hall–Kier alpha value is -1.66. The van der Waals surface area contributed by atoms with Crippen LogP contribution in [-0.2, 0) is 11.3 Å². The van der Waals surface area contributed by atoms with Gasteiger partial charge in [-0.3, -0.25) is 4.90 Å². The zero-order chi connectivity index (χ0) is 17.5. The van der Waals surface area contributed by atoms with Gasteiger partial charge in [0.25, 0.3) is 0 Å². The van der Waals surface area contributed by atoms with Gasteiger partial charge in [0, 0.05) is 18.7 Å².